The lowest BCUT2D eigenvalue weighted by atomic mass is 10.0. The van der Waals surface area contributed by atoms with Crippen molar-refractivity contribution >= 4 is 179 Å². The SMILES string of the molecule is [2H]C1Oc2cc(CC(=O)c3sccc3S(=O)(=O)N([2H])c3onc(C)c3Cl)c(C([2H])([2H])[2H])cc2O1.[2H]N(c1onc(C)c1Cl)S(=O)(=O)c1ccsc1C(=O)Cc1cc2c(cc1C([2H])([2H])[2H])OC([2H])([2H])O2.[2H]N(c1onc(C)c1Cl)S(=O)(=O)c1ccsc1C(=O)Cc1cc2c(cc1C([2H])([2H])[2H])OCO2.[2H]N(c1onc(C)c1Cl)S(=O)(=O)c1ccsc1C(=O)Cc1cc2c(cc1C)OC([2H])([2H])O2. The molecule has 0 bridgehead atoms. The van der Waals surface area contributed by atoms with Gasteiger partial charge in [-0.2, -0.15) is 0 Å². The highest BCUT2D eigenvalue weighted by molar-refractivity contribution is 7.94. The number of anilines is 4. The molecular weight excluding hydrogens is 1760 g/mol. The van der Waals surface area contributed by atoms with Crippen LogP contribution in [0.5, 0.6) is 46.0 Å². The zero-order valence-electron chi connectivity index (χ0n) is 77.0. The molecular formula is C72H60Cl4N8O24S8. The van der Waals surface area contributed by atoms with Crippen molar-refractivity contribution < 1.29 is 134 Å². The minimum absolute atomic E-state index is 0.0185. The number of hydrogen-bond donors (Lipinski definition) is 4. The number of nitrogens with one attached hydrogen (secondary N) is 4. The second-order valence-electron chi connectivity index (χ2n) is 24.1. The van der Waals surface area contributed by atoms with Crippen molar-refractivity contribution in [2.24, 2.45) is 0 Å². The summed E-state index contributed by atoms with van der Waals surface area (Å²) in [5.41, 5.74) is 1.54. The Bertz CT molecular complexity index is 7190. The Labute approximate surface area is 721 Å². The van der Waals surface area contributed by atoms with E-state index in [0.717, 1.165) is 63.5 Å². The number of aromatic nitrogens is 4. The molecule has 12 aromatic rings. The van der Waals surface area contributed by atoms with Gasteiger partial charge < -0.3 is 56.0 Å². The van der Waals surface area contributed by atoms with Crippen LogP contribution >= 0.6 is 91.8 Å². The van der Waals surface area contributed by atoms with Gasteiger partial charge >= 0.3 is 0 Å². The molecule has 16 rings (SSSR count). The summed E-state index contributed by atoms with van der Waals surface area (Å²) in [6, 6.07) is 15.1. The van der Waals surface area contributed by atoms with E-state index >= 15 is 0 Å². The van der Waals surface area contributed by atoms with Crippen LogP contribution in [0, 0.1) is 55.2 Å². The highest BCUT2D eigenvalue weighted by Crippen LogP contribution is 2.42. The first-order valence-corrected chi connectivity index (χ1v) is 43.0. The van der Waals surface area contributed by atoms with E-state index in [-0.39, 0.29) is 179 Å². The normalized spacial score (nSPS) is 17.0. The van der Waals surface area contributed by atoms with E-state index in [2.05, 4.69) is 20.6 Å². The summed E-state index contributed by atoms with van der Waals surface area (Å²) in [4.78, 5) is 49.9. The molecule has 116 heavy (non-hydrogen) atoms. The molecule has 32 nitrogen and oxygen atoms in total. The summed E-state index contributed by atoms with van der Waals surface area (Å²) < 4.78 is 305. The summed E-state index contributed by atoms with van der Waals surface area (Å²) in [5, 5.41) is 19.0. The van der Waals surface area contributed by atoms with Crippen LogP contribution in [0.15, 0.2) is 132 Å². The van der Waals surface area contributed by atoms with Gasteiger partial charge in [0.05, 0.1) is 19.5 Å². The molecule has 8 aromatic heterocycles. The summed E-state index contributed by atoms with van der Waals surface area (Å²) >= 11 is 27.2. The average molecular weight is 1840 g/mol. The van der Waals surface area contributed by atoms with Crippen molar-refractivity contribution in [1.82, 2.24) is 20.6 Å². The standard InChI is InChI=1S/4C18H15ClN2O6S2/c4*1-9-5-13-14(26-8-25-13)7-11(9)6-12(22)17-15(3-4-28-17)29(23,24)21-18-16(19)10(2)20-27-18/h4*3-5,7,21H,6,8H2,1-2H3/i1D3,8D2;1D3,8D;8D2;1D3/hD4. The number of nitrogens with zero attached hydrogens (tertiary/aromatic N) is 4. The Kier molecular flexibility index (Phi) is 18.5. The van der Waals surface area contributed by atoms with Gasteiger partial charge in [0.15, 0.2) is 74.8 Å². The van der Waals surface area contributed by atoms with Gasteiger partial charge in [-0.1, -0.05) is 67.0 Å². The number of rotatable bonds is 24. The zero-order valence-corrected chi connectivity index (χ0v) is 68.6. The molecule has 0 saturated heterocycles. The molecule has 0 aliphatic carbocycles. The maximum atomic E-state index is 13.2. The molecule has 4 aliphatic rings. The Morgan fingerprint density at radius 3 is 0.879 bits per heavy atom. The third kappa shape index (κ3) is 18.1. The highest BCUT2D eigenvalue weighted by Gasteiger charge is 2.34. The van der Waals surface area contributed by atoms with Gasteiger partial charge in [-0.25, -0.2) is 52.5 Å². The molecule has 0 spiro atoms. The van der Waals surface area contributed by atoms with Crippen LogP contribution in [0.4, 0.5) is 23.5 Å². The number of carbonyl (C=O) groups excluding carboxylic acids is 4. The van der Waals surface area contributed by atoms with E-state index in [4.69, 9.17) is 127 Å². The van der Waals surface area contributed by atoms with Crippen molar-refractivity contribution in [2.75, 3.05) is 45.9 Å². The monoisotopic (exact) mass is 1830 g/mol. The Hall–Kier alpha value is -10.2. The van der Waals surface area contributed by atoms with Gasteiger partial charge in [0, 0.05) is 38.0 Å². The lowest BCUT2D eigenvalue weighted by Crippen LogP contribution is -2.16. The maximum absolute atomic E-state index is 13.2. The van der Waals surface area contributed by atoms with E-state index in [9.17, 15) is 52.8 Å². The molecule has 608 valence electrons. The minimum atomic E-state index is -4.62. The minimum Gasteiger partial charge on any atom is -0.454 e. The number of ketones is 4. The number of halogens is 4. The molecule has 4 N–H and O–H groups in total. The molecule has 1 atom stereocenters. The zero-order chi connectivity index (χ0) is 98.5. The fourth-order valence-corrected chi connectivity index (χ4v) is 20.3. The highest BCUT2D eigenvalue weighted by atomic mass is 35.5. The largest absolute Gasteiger partial charge is 0.454 e. The molecule has 44 heteroatoms. The number of Topliss-reactive ketones (excluding diaryl/α,β-unsaturated/α-hetero) is 4. The van der Waals surface area contributed by atoms with Crippen LogP contribution in [-0.4, -0.2) is 104 Å². The molecule has 1 unspecified atom stereocenters. The molecule has 0 radical (unpaired) electrons. The Morgan fingerprint density at radius 1 is 0.379 bits per heavy atom. The first kappa shape index (κ1) is 63.0. The van der Waals surface area contributed by atoms with Gasteiger partial charge in [-0.05, 0) is 194 Å². The Balaban J connectivity index is 0.000000152. The van der Waals surface area contributed by atoms with Crippen LogP contribution in [-0.2, 0) is 65.8 Å². The van der Waals surface area contributed by atoms with Crippen LogP contribution < -0.4 is 56.8 Å². The Morgan fingerprint density at radius 2 is 0.612 bits per heavy atom. The summed E-state index contributed by atoms with van der Waals surface area (Å²) in [6.45, 7) is -6.50. The van der Waals surface area contributed by atoms with Crippen molar-refractivity contribution in [3.8, 4) is 46.0 Å². The number of fused-ring (bicyclic) bond motifs is 4. The lowest BCUT2D eigenvalue weighted by Gasteiger charge is -2.09. The fraction of sp³-hybridized carbons (Fsp3) is 0.222. The maximum Gasteiger partial charge on any atom is 0.265 e. The van der Waals surface area contributed by atoms with Crippen molar-refractivity contribution in [1.29, 1.82) is 0 Å². The third-order valence-electron chi connectivity index (χ3n) is 16.3. The van der Waals surface area contributed by atoms with Gasteiger partial charge in [-0.3, -0.25) is 19.2 Å². The van der Waals surface area contributed by atoms with E-state index in [1.54, 1.807) is 13.0 Å². The van der Waals surface area contributed by atoms with Crippen molar-refractivity contribution in [3.63, 3.8) is 0 Å². The predicted molar refractivity (Wildman–Crippen MR) is 427 cm³/mol. The number of sulfonamides is 4. The van der Waals surface area contributed by atoms with Gasteiger partial charge in [0.25, 0.3) is 63.6 Å². The van der Waals surface area contributed by atoms with Crippen LogP contribution in [0.3, 0.4) is 0 Å². The lowest BCUT2D eigenvalue weighted by molar-refractivity contribution is 0.0985. The predicted octanol–water partition coefficient (Wildman–Crippen LogP) is 15.8. The number of ether oxygens (including phenoxy) is 8. The van der Waals surface area contributed by atoms with Crippen LogP contribution in [0.25, 0.3) is 0 Å². The van der Waals surface area contributed by atoms with E-state index < -0.39 is 162 Å². The molecule has 12 heterocycles. The van der Waals surface area contributed by atoms with E-state index in [1.165, 1.54) is 97.7 Å². The number of aryl methyl sites for hydroxylation is 8. The molecule has 0 amide bonds. The second kappa shape index (κ2) is 34.1. The van der Waals surface area contributed by atoms with E-state index in [1.807, 2.05) is 0 Å². The van der Waals surface area contributed by atoms with Gasteiger partial charge in [0.2, 0.25) is 27.1 Å². The number of hydrogen-bond acceptors (Lipinski definition) is 32. The van der Waals surface area contributed by atoms with Crippen LogP contribution in [0.1, 0.15) is 125 Å². The third-order valence-corrected chi connectivity index (χ3v) is 27.5. The first-order chi connectivity index (χ1) is 62.2. The molecule has 4 aromatic carbocycles. The van der Waals surface area contributed by atoms with E-state index in [0.29, 0.717) is 11.1 Å². The molecule has 0 saturated carbocycles. The fourth-order valence-electron chi connectivity index (χ4n) is 10.4. The van der Waals surface area contributed by atoms with Crippen molar-refractivity contribution in [2.45, 2.75) is 100 Å². The van der Waals surface area contributed by atoms with Crippen LogP contribution in [0.2, 0.25) is 25.7 Å². The summed E-state index contributed by atoms with van der Waals surface area (Å²) in [5.74, 6) is -3.86. The van der Waals surface area contributed by atoms with Crippen molar-refractivity contribution in [3.05, 3.63) is 201 Å². The molecule has 4 aliphatic heterocycles. The number of carbonyl (C=O) groups is 4. The number of thiophene rings is 4. The van der Waals surface area contributed by atoms with Gasteiger partial charge in [0.1, 0.15) is 69.3 Å². The quantitative estimate of drug-likeness (QED) is 0.0408. The summed E-state index contributed by atoms with van der Waals surface area (Å²) in [7, 11) is -18.3. The number of benzene rings is 4. The molecule has 0 fully saturated rings. The first-order valence-electron chi connectivity index (χ1n) is 41.1. The smallest absolute Gasteiger partial charge is 0.265 e. The summed E-state index contributed by atoms with van der Waals surface area (Å²) in [6.07, 6.45) is -1.60. The second-order valence-corrected chi connectivity index (χ2v) is 35.5. The van der Waals surface area contributed by atoms with Gasteiger partial charge in [-0.15, -0.1) is 45.3 Å². The average Bonchev–Trinajstić information content (AvgIpc) is 1.57. The topological polar surface area (TPSA) is 431 Å².